The van der Waals surface area contributed by atoms with Crippen LogP contribution in [0.2, 0.25) is 0 Å². The van der Waals surface area contributed by atoms with Crippen LogP contribution < -0.4 is 5.56 Å². The molecule has 1 saturated heterocycles. The van der Waals surface area contributed by atoms with E-state index < -0.39 is 0 Å². The van der Waals surface area contributed by atoms with Gasteiger partial charge in [-0.05, 0) is 51.0 Å². The molecule has 194 valence electrons. The lowest BCUT2D eigenvalue weighted by Gasteiger charge is -2.32. The zero-order chi connectivity index (χ0) is 26.4. The number of hydrogen-bond donors (Lipinski definition) is 1. The highest BCUT2D eigenvalue weighted by atomic mass is 16.2. The topological polar surface area (TPSA) is 90.8 Å². The van der Waals surface area contributed by atoms with Gasteiger partial charge in [-0.25, -0.2) is 9.50 Å². The highest BCUT2D eigenvalue weighted by Crippen LogP contribution is 2.28. The van der Waals surface area contributed by atoms with Crippen LogP contribution in [0.25, 0.3) is 5.65 Å². The molecule has 0 spiro atoms. The number of likely N-dealkylation sites (tertiary alicyclic amines) is 1. The van der Waals surface area contributed by atoms with E-state index in [1.54, 1.807) is 4.90 Å². The first-order chi connectivity index (χ1) is 18.4. The molecule has 8 nitrogen and oxygen atoms in total. The summed E-state index contributed by atoms with van der Waals surface area (Å²) >= 11 is 0. The predicted molar refractivity (Wildman–Crippen MR) is 144 cm³/mol. The van der Waals surface area contributed by atoms with E-state index in [0.717, 1.165) is 41.9 Å². The SMILES string of the molecule is Cc1ccc(C(=O)N2CCc3nc4cc([C@@H]5CCCN(C(=O)c6ccc(C)cc6)C5)[nH]n4c(=O)c3C2)cc1. The van der Waals surface area contributed by atoms with Crippen LogP contribution in [0, 0.1) is 13.8 Å². The number of aryl methyl sites for hydroxylation is 2. The third kappa shape index (κ3) is 4.40. The van der Waals surface area contributed by atoms with Gasteiger partial charge in [0.05, 0.1) is 17.8 Å². The average molecular weight is 510 g/mol. The number of aromatic amines is 1. The Hall–Kier alpha value is -4.20. The van der Waals surface area contributed by atoms with Gasteiger partial charge in [0, 0.05) is 54.9 Å². The third-order valence-electron chi connectivity index (χ3n) is 7.81. The third-order valence-corrected chi connectivity index (χ3v) is 7.81. The fourth-order valence-corrected chi connectivity index (χ4v) is 5.56. The summed E-state index contributed by atoms with van der Waals surface area (Å²) in [6, 6.07) is 17.1. The summed E-state index contributed by atoms with van der Waals surface area (Å²) in [4.78, 5) is 48.1. The van der Waals surface area contributed by atoms with Gasteiger partial charge < -0.3 is 9.80 Å². The van der Waals surface area contributed by atoms with E-state index in [-0.39, 0.29) is 29.8 Å². The van der Waals surface area contributed by atoms with Gasteiger partial charge in [-0.1, -0.05) is 35.4 Å². The molecule has 0 aliphatic carbocycles. The molecule has 0 radical (unpaired) electrons. The number of nitrogens with one attached hydrogen (secondary N) is 1. The van der Waals surface area contributed by atoms with E-state index in [9.17, 15) is 14.4 Å². The second-order valence-corrected chi connectivity index (χ2v) is 10.5. The lowest BCUT2D eigenvalue weighted by molar-refractivity contribution is 0.0703. The molecule has 38 heavy (non-hydrogen) atoms. The molecule has 8 heteroatoms. The largest absolute Gasteiger partial charge is 0.338 e. The van der Waals surface area contributed by atoms with Gasteiger partial charge in [0.2, 0.25) is 0 Å². The summed E-state index contributed by atoms with van der Waals surface area (Å²) < 4.78 is 1.49. The molecule has 2 aromatic heterocycles. The van der Waals surface area contributed by atoms with Crippen LogP contribution in [-0.4, -0.2) is 55.8 Å². The lowest BCUT2D eigenvalue weighted by atomic mass is 9.94. The molecule has 2 aromatic carbocycles. The maximum Gasteiger partial charge on any atom is 0.277 e. The molecule has 4 heterocycles. The number of hydrogen-bond acceptors (Lipinski definition) is 4. The van der Waals surface area contributed by atoms with Crippen molar-refractivity contribution in [2.75, 3.05) is 19.6 Å². The summed E-state index contributed by atoms with van der Waals surface area (Å²) in [5.41, 5.74) is 6.19. The first-order valence-corrected chi connectivity index (χ1v) is 13.2. The van der Waals surface area contributed by atoms with Crippen LogP contribution in [0.3, 0.4) is 0 Å². The van der Waals surface area contributed by atoms with Crippen molar-refractivity contribution in [1.82, 2.24) is 24.4 Å². The summed E-state index contributed by atoms with van der Waals surface area (Å²) in [5.74, 6) is 0.0543. The van der Waals surface area contributed by atoms with Crippen molar-refractivity contribution in [3.63, 3.8) is 0 Å². The van der Waals surface area contributed by atoms with Gasteiger partial charge in [0.25, 0.3) is 17.4 Å². The zero-order valence-corrected chi connectivity index (χ0v) is 21.7. The number of H-pyrrole nitrogens is 1. The van der Waals surface area contributed by atoms with E-state index in [2.05, 4.69) is 5.10 Å². The molecule has 1 N–H and O–H groups in total. The van der Waals surface area contributed by atoms with Crippen LogP contribution >= 0.6 is 0 Å². The molecule has 2 aliphatic rings. The second-order valence-electron chi connectivity index (χ2n) is 10.5. The van der Waals surface area contributed by atoms with Gasteiger partial charge >= 0.3 is 0 Å². The fourth-order valence-electron chi connectivity index (χ4n) is 5.56. The van der Waals surface area contributed by atoms with E-state index in [1.807, 2.05) is 73.3 Å². The first kappa shape index (κ1) is 24.2. The summed E-state index contributed by atoms with van der Waals surface area (Å²) in [6.45, 7) is 6.08. The minimum Gasteiger partial charge on any atom is -0.338 e. The Morgan fingerprint density at radius 1 is 0.895 bits per heavy atom. The predicted octanol–water partition coefficient (Wildman–Crippen LogP) is 3.86. The van der Waals surface area contributed by atoms with Gasteiger partial charge in [-0.2, -0.15) is 0 Å². The monoisotopic (exact) mass is 509 g/mol. The number of rotatable bonds is 3. The standard InChI is InChI=1S/C30H31N5O3/c1-19-5-9-21(10-6-19)28(36)33-14-3-4-23(17-33)26-16-27-31-25-13-15-34(18-24(25)30(38)35(27)32-26)29(37)22-11-7-20(2)8-12-22/h5-12,16,23,32H,3-4,13-15,17-18H2,1-2H3/t23-/m1/s1. The Balaban J connectivity index is 1.24. The van der Waals surface area contributed by atoms with Crippen molar-refractivity contribution >= 4 is 17.5 Å². The highest BCUT2D eigenvalue weighted by Gasteiger charge is 2.29. The van der Waals surface area contributed by atoms with Crippen LogP contribution in [0.4, 0.5) is 0 Å². The Morgan fingerprint density at radius 3 is 2.18 bits per heavy atom. The Labute approximate surface area is 220 Å². The van der Waals surface area contributed by atoms with Crippen molar-refractivity contribution in [1.29, 1.82) is 0 Å². The fraction of sp³-hybridized carbons (Fsp3) is 0.333. The molecule has 0 saturated carbocycles. The van der Waals surface area contributed by atoms with Crippen LogP contribution in [0.5, 0.6) is 0 Å². The van der Waals surface area contributed by atoms with Crippen molar-refractivity contribution in [2.24, 2.45) is 0 Å². The minimum absolute atomic E-state index is 0.0369. The van der Waals surface area contributed by atoms with Crippen molar-refractivity contribution in [3.05, 3.63) is 104 Å². The molecule has 1 fully saturated rings. The Morgan fingerprint density at radius 2 is 1.53 bits per heavy atom. The van der Waals surface area contributed by atoms with Gasteiger partial charge in [-0.15, -0.1) is 0 Å². The smallest absolute Gasteiger partial charge is 0.277 e. The van der Waals surface area contributed by atoms with E-state index in [0.29, 0.717) is 41.8 Å². The van der Waals surface area contributed by atoms with Gasteiger partial charge in [0.15, 0.2) is 5.65 Å². The number of fused-ring (bicyclic) bond motifs is 2. The van der Waals surface area contributed by atoms with E-state index in [4.69, 9.17) is 4.98 Å². The lowest BCUT2D eigenvalue weighted by Crippen LogP contribution is -2.40. The molecule has 1 atom stereocenters. The molecule has 4 aromatic rings. The molecular formula is C30H31N5O3. The molecule has 2 aliphatic heterocycles. The van der Waals surface area contributed by atoms with Gasteiger partial charge in [0.1, 0.15) is 0 Å². The molecular weight excluding hydrogens is 478 g/mol. The van der Waals surface area contributed by atoms with Crippen molar-refractivity contribution in [2.45, 2.75) is 45.6 Å². The Bertz CT molecular complexity index is 1580. The van der Waals surface area contributed by atoms with E-state index >= 15 is 0 Å². The van der Waals surface area contributed by atoms with Crippen LogP contribution in [0.15, 0.2) is 59.4 Å². The number of piperidine rings is 1. The quantitative estimate of drug-likeness (QED) is 0.454. The zero-order valence-electron chi connectivity index (χ0n) is 21.7. The van der Waals surface area contributed by atoms with E-state index in [1.165, 1.54) is 4.52 Å². The maximum absolute atomic E-state index is 13.5. The summed E-state index contributed by atoms with van der Waals surface area (Å²) in [5, 5.41) is 3.27. The van der Waals surface area contributed by atoms with Crippen molar-refractivity contribution in [3.8, 4) is 0 Å². The second kappa shape index (κ2) is 9.59. The first-order valence-electron chi connectivity index (χ1n) is 13.2. The molecule has 2 amide bonds. The van der Waals surface area contributed by atoms with Crippen LogP contribution in [-0.2, 0) is 13.0 Å². The van der Waals surface area contributed by atoms with Crippen LogP contribution in [0.1, 0.15) is 67.6 Å². The van der Waals surface area contributed by atoms with Crippen molar-refractivity contribution < 1.29 is 9.59 Å². The number of carbonyl (C=O) groups excluding carboxylic acids is 2. The summed E-state index contributed by atoms with van der Waals surface area (Å²) in [6.07, 6.45) is 2.37. The molecule has 0 bridgehead atoms. The maximum atomic E-state index is 13.5. The Kier molecular flexibility index (Phi) is 6.10. The highest BCUT2D eigenvalue weighted by molar-refractivity contribution is 5.95. The summed E-state index contributed by atoms with van der Waals surface area (Å²) in [7, 11) is 0. The number of aromatic nitrogens is 3. The average Bonchev–Trinajstić information content (AvgIpc) is 3.38. The number of carbonyl (C=O) groups is 2. The molecule has 6 rings (SSSR count). The number of benzene rings is 2. The number of amides is 2. The van der Waals surface area contributed by atoms with Gasteiger partial charge in [-0.3, -0.25) is 19.5 Å². The number of nitrogens with zero attached hydrogens (tertiary/aromatic N) is 4. The molecule has 0 unspecified atom stereocenters. The normalized spacial score (nSPS) is 17.5. The minimum atomic E-state index is -0.166.